The molecule has 0 aliphatic heterocycles. The molecule has 4 aliphatic rings. The average molecular weight is 527 g/mol. The number of anilines is 1. The summed E-state index contributed by atoms with van der Waals surface area (Å²) in [7, 11) is 0. The van der Waals surface area contributed by atoms with Crippen molar-refractivity contribution in [2.75, 3.05) is 5.32 Å². The second-order valence-corrected chi connectivity index (χ2v) is 12.5. The Morgan fingerprint density at radius 1 is 0.923 bits per heavy atom. The molecule has 1 unspecified atom stereocenters. The van der Waals surface area contributed by atoms with Gasteiger partial charge in [-0.05, 0) is 107 Å². The lowest BCUT2D eigenvalue weighted by Gasteiger charge is -2.28. The molecule has 0 spiro atoms. The van der Waals surface area contributed by atoms with Crippen molar-refractivity contribution >= 4 is 17.5 Å². The fraction of sp³-hybridized carbons (Fsp3) is 0.548. The molecular formula is C31H38N6O2. The smallest absolute Gasteiger partial charge is 0.270 e. The van der Waals surface area contributed by atoms with Gasteiger partial charge in [-0.25, -0.2) is 0 Å². The van der Waals surface area contributed by atoms with Crippen molar-refractivity contribution in [3.05, 3.63) is 53.6 Å². The number of H-pyrrole nitrogens is 1. The SMILES string of the molecule is CC(C)n1nccc1C(=O)NC(C(=O)Nc1ccc(-c2c(C3CC3)n[nH]c2C2CC2)cc1)C(C1CC1)C1CC1. The van der Waals surface area contributed by atoms with Crippen molar-refractivity contribution < 1.29 is 9.59 Å². The number of benzene rings is 1. The minimum atomic E-state index is -0.565. The van der Waals surface area contributed by atoms with Crippen LogP contribution in [0.1, 0.15) is 105 Å². The van der Waals surface area contributed by atoms with Gasteiger partial charge in [0, 0.05) is 41.0 Å². The van der Waals surface area contributed by atoms with Crippen molar-refractivity contribution in [1.29, 1.82) is 0 Å². The lowest BCUT2D eigenvalue weighted by Crippen LogP contribution is -2.50. The van der Waals surface area contributed by atoms with Gasteiger partial charge in [0.2, 0.25) is 5.91 Å². The third-order valence-corrected chi connectivity index (χ3v) is 8.89. The van der Waals surface area contributed by atoms with Crippen LogP contribution in [-0.4, -0.2) is 37.8 Å². The maximum absolute atomic E-state index is 13.8. The van der Waals surface area contributed by atoms with E-state index in [2.05, 4.69) is 33.0 Å². The normalized spacial score (nSPS) is 19.9. The number of hydrogen-bond acceptors (Lipinski definition) is 4. The Labute approximate surface area is 229 Å². The highest BCUT2D eigenvalue weighted by molar-refractivity contribution is 6.01. The molecule has 4 saturated carbocycles. The highest BCUT2D eigenvalue weighted by Gasteiger charge is 2.48. The van der Waals surface area contributed by atoms with Gasteiger partial charge in [-0.15, -0.1) is 0 Å². The lowest BCUT2D eigenvalue weighted by atomic mass is 9.88. The number of amides is 2. The minimum Gasteiger partial charge on any atom is -0.339 e. The second kappa shape index (κ2) is 9.65. The number of hydrogen-bond donors (Lipinski definition) is 3. The van der Waals surface area contributed by atoms with Crippen LogP contribution >= 0.6 is 0 Å². The topological polar surface area (TPSA) is 105 Å². The first-order valence-electron chi connectivity index (χ1n) is 14.8. The predicted molar refractivity (Wildman–Crippen MR) is 149 cm³/mol. The average Bonchev–Trinajstić information content (AvgIpc) is 3.74. The molecule has 0 saturated heterocycles. The van der Waals surface area contributed by atoms with E-state index in [-0.39, 0.29) is 23.8 Å². The summed E-state index contributed by atoms with van der Waals surface area (Å²) in [5.74, 6) is 2.00. The van der Waals surface area contributed by atoms with E-state index in [1.807, 2.05) is 26.0 Å². The Morgan fingerprint density at radius 2 is 1.59 bits per heavy atom. The highest BCUT2D eigenvalue weighted by atomic mass is 16.2. The molecule has 4 fully saturated rings. The fourth-order valence-corrected chi connectivity index (χ4v) is 6.28. The maximum Gasteiger partial charge on any atom is 0.270 e. The minimum absolute atomic E-state index is 0.0605. The number of aromatic amines is 1. The van der Waals surface area contributed by atoms with Gasteiger partial charge < -0.3 is 10.6 Å². The van der Waals surface area contributed by atoms with Crippen LogP contribution in [0.3, 0.4) is 0 Å². The summed E-state index contributed by atoms with van der Waals surface area (Å²) in [6.45, 7) is 4.00. The van der Waals surface area contributed by atoms with Crippen molar-refractivity contribution in [1.82, 2.24) is 25.3 Å². The Hall–Kier alpha value is -3.42. The Kier molecular flexibility index (Phi) is 6.09. The molecule has 204 valence electrons. The van der Waals surface area contributed by atoms with E-state index >= 15 is 0 Å². The van der Waals surface area contributed by atoms with Crippen molar-refractivity contribution in [2.24, 2.45) is 17.8 Å². The molecule has 8 nitrogen and oxygen atoms in total. The Bertz CT molecular complexity index is 1330. The second-order valence-electron chi connectivity index (χ2n) is 12.5. The number of carbonyl (C=O) groups is 2. The fourth-order valence-electron chi connectivity index (χ4n) is 6.28. The van der Waals surface area contributed by atoms with E-state index in [0.717, 1.165) is 36.9 Å². The number of nitrogens with one attached hydrogen (secondary N) is 3. The number of aromatic nitrogens is 4. The molecule has 1 aromatic carbocycles. The molecule has 1 atom stereocenters. The first kappa shape index (κ1) is 24.6. The molecule has 7 rings (SSSR count). The predicted octanol–water partition coefficient (Wildman–Crippen LogP) is 5.78. The molecule has 4 aliphatic carbocycles. The van der Waals surface area contributed by atoms with Crippen molar-refractivity contribution in [3.63, 3.8) is 0 Å². The highest BCUT2D eigenvalue weighted by Crippen LogP contribution is 2.51. The third kappa shape index (κ3) is 5.01. The quantitative estimate of drug-likeness (QED) is 0.294. The summed E-state index contributed by atoms with van der Waals surface area (Å²) in [4.78, 5) is 27.2. The van der Waals surface area contributed by atoms with E-state index < -0.39 is 6.04 Å². The van der Waals surface area contributed by atoms with Crippen molar-refractivity contribution in [3.8, 4) is 11.1 Å². The standard InChI is InChI=1S/C31H38N6O2/c1-17(2)37-24(15-16-32-37)30(38)34-29(25(18-3-4-18)19-5-6-19)31(39)33-23-13-11-20(12-14-23)26-27(21-7-8-21)35-36-28(26)22-9-10-22/h11-19,21-22,25,29H,3-10H2,1-2H3,(H,33,39)(H,34,38)(H,35,36). The lowest BCUT2D eigenvalue weighted by molar-refractivity contribution is -0.119. The summed E-state index contributed by atoms with van der Waals surface area (Å²) >= 11 is 0. The molecule has 0 bridgehead atoms. The largest absolute Gasteiger partial charge is 0.339 e. The van der Waals surface area contributed by atoms with E-state index in [1.165, 1.54) is 42.6 Å². The molecule has 2 aromatic heterocycles. The Balaban J connectivity index is 1.12. The zero-order valence-corrected chi connectivity index (χ0v) is 22.8. The van der Waals surface area contributed by atoms with Crippen LogP contribution in [0.15, 0.2) is 36.5 Å². The molecule has 8 heteroatoms. The van der Waals surface area contributed by atoms with Crippen LogP contribution in [0.4, 0.5) is 5.69 Å². The molecule has 3 aromatic rings. The first-order chi connectivity index (χ1) is 19.0. The zero-order chi connectivity index (χ0) is 26.7. The van der Waals surface area contributed by atoms with Crippen LogP contribution in [0.2, 0.25) is 0 Å². The first-order valence-corrected chi connectivity index (χ1v) is 14.8. The van der Waals surface area contributed by atoms with Crippen LogP contribution in [0.5, 0.6) is 0 Å². The summed E-state index contributed by atoms with van der Waals surface area (Å²) in [6, 6.07) is 9.41. The summed E-state index contributed by atoms with van der Waals surface area (Å²) in [6.07, 6.45) is 11.1. The van der Waals surface area contributed by atoms with Gasteiger partial charge in [-0.2, -0.15) is 10.2 Å². The molecule has 2 heterocycles. The van der Waals surface area contributed by atoms with Gasteiger partial charge in [-0.3, -0.25) is 19.4 Å². The summed E-state index contributed by atoms with van der Waals surface area (Å²) < 4.78 is 1.72. The third-order valence-electron chi connectivity index (χ3n) is 8.89. The van der Waals surface area contributed by atoms with Crippen LogP contribution in [0.25, 0.3) is 11.1 Å². The molecule has 0 radical (unpaired) electrons. The summed E-state index contributed by atoms with van der Waals surface area (Å²) in [5, 5.41) is 18.6. The van der Waals surface area contributed by atoms with E-state index in [9.17, 15) is 9.59 Å². The maximum atomic E-state index is 13.8. The van der Waals surface area contributed by atoms with Gasteiger partial charge in [0.05, 0.1) is 5.69 Å². The number of rotatable bonds is 11. The van der Waals surface area contributed by atoms with Crippen LogP contribution < -0.4 is 10.6 Å². The molecular weight excluding hydrogens is 488 g/mol. The van der Waals surface area contributed by atoms with Crippen molar-refractivity contribution in [2.45, 2.75) is 89.1 Å². The van der Waals surface area contributed by atoms with Crippen LogP contribution in [0, 0.1) is 17.8 Å². The van der Waals surface area contributed by atoms with Gasteiger partial charge in [0.1, 0.15) is 11.7 Å². The number of carbonyl (C=O) groups excluding carboxylic acids is 2. The van der Waals surface area contributed by atoms with Gasteiger partial charge in [-0.1, -0.05) is 12.1 Å². The molecule has 39 heavy (non-hydrogen) atoms. The van der Waals surface area contributed by atoms with E-state index in [1.54, 1.807) is 16.9 Å². The summed E-state index contributed by atoms with van der Waals surface area (Å²) in [5.41, 5.74) is 6.15. The zero-order valence-electron chi connectivity index (χ0n) is 22.8. The monoisotopic (exact) mass is 526 g/mol. The van der Waals surface area contributed by atoms with Gasteiger partial charge in [0.15, 0.2) is 0 Å². The van der Waals surface area contributed by atoms with Gasteiger partial charge in [0.25, 0.3) is 5.91 Å². The van der Waals surface area contributed by atoms with Gasteiger partial charge >= 0.3 is 0 Å². The van der Waals surface area contributed by atoms with Crippen LogP contribution in [-0.2, 0) is 4.79 Å². The number of nitrogens with zero attached hydrogens (tertiary/aromatic N) is 3. The van der Waals surface area contributed by atoms with E-state index in [4.69, 9.17) is 5.10 Å². The Morgan fingerprint density at radius 3 is 2.18 bits per heavy atom. The molecule has 3 N–H and O–H groups in total. The van der Waals surface area contributed by atoms with E-state index in [0.29, 0.717) is 29.4 Å². The molecule has 2 amide bonds.